The zero-order valence-electron chi connectivity index (χ0n) is 13.8. The molecular formula is C17H24N6O. The summed E-state index contributed by atoms with van der Waals surface area (Å²) in [5.41, 5.74) is 10.5. The molecule has 0 spiro atoms. The highest BCUT2D eigenvalue weighted by atomic mass is 16.3. The number of fused-ring (bicyclic) bond motifs is 1. The van der Waals surface area contributed by atoms with E-state index in [1.54, 1.807) is 0 Å². The van der Waals surface area contributed by atoms with E-state index < -0.39 is 0 Å². The molecule has 0 atom stereocenters. The van der Waals surface area contributed by atoms with E-state index in [1.165, 1.54) is 30.5 Å². The molecule has 0 amide bonds. The minimum absolute atomic E-state index is 0.206. The number of rotatable bonds is 4. The number of nitrogens with one attached hydrogen (secondary N) is 2. The monoisotopic (exact) mass is 328 g/mol. The van der Waals surface area contributed by atoms with Gasteiger partial charge in [-0.2, -0.15) is 10.1 Å². The molecule has 0 bridgehead atoms. The molecular weight excluding hydrogens is 304 g/mol. The molecule has 2 heterocycles. The molecule has 2 aromatic rings. The van der Waals surface area contributed by atoms with E-state index in [0.717, 1.165) is 42.9 Å². The number of nitrogens with two attached hydrogens (primary N) is 1. The van der Waals surface area contributed by atoms with Crippen molar-refractivity contribution in [3.8, 4) is 0 Å². The van der Waals surface area contributed by atoms with Gasteiger partial charge in [0.05, 0.1) is 24.0 Å². The highest BCUT2D eigenvalue weighted by Crippen LogP contribution is 2.36. The second kappa shape index (κ2) is 6.39. The van der Waals surface area contributed by atoms with Crippen molar-refractivity contribution in [2.24, 2.45) is 0 Å². The first kappa shape index (κ1) is 15.4. The van der Waals surface area contributed by atoms with Crippen LogP contribution in [0.25, 0.3) is 0 Å². The molecule has 2 aliphatic carbocycles. The van der Waals surface area contributed by atoms with E-state index in [1.807, 2.05) is 6.07 Å². The summed E-state index contributed by atoms with van der Waals surface area (Å²) < 4.78 is 0. The standard InChI is InChI=1S/C17H24N6O/c18-17-20-14(10-6-11(24)7-10)8-16(21-17)19-9-15-12-4-2-1-3-5-13(12)22-23-15/h8,10-11,24H,1-7,9H2,(H,22,23)(H3,18,19,20,21). The fourth-order valence-corrected chi connectivity index (χ4v) is 3.66. The van der Waals surface area contributed by atoms with Crippen LogP contribution in [0.2, 0.25) is 0 Å². The Kier molecular flexibility index (Phi) is 4.10. The van der Waals surface area contributed by atoms with Crippen molar-refractivity contribution in [3.63, 3.8) is 0 Å². The summed E-state index contributed by atoms with van der Waals surface area (Å²) >= 11 is 0. The molecule has 1 saturated carbocycles. The predicted octanol–water partition coefficient (Wildman–Crippen LogP) is 1.90. The maximum absolute atomic E-state index is 9.48. The fourth-order valence-electron chi connectivity index (χ4n) is 3.66. The molecule has 7 heteroatoms. The first-order chi connectivity index (χ1) is 11.7. The van der Waals surface area contributed by atoms with Crippen molar-refractivity contribution in [2.75, 3.05) is 11.1 Å². The molecule has 0 unspecified atom stereocenters. The summed E-state index contributed by atoms with van der Waals surface area (Å²) in [6.45, 7) is 0.634. The van der Waals surface area contributed by atoms with Crippen LogP contribution >= 0.6 is 0 Å². The lowest BCUT2D eigenvalue weighted by molar-refractivity contribution is 0.0732. The molecule has 0 saturated heterocycles. The van der Waals surface area contributed by atoms with Crippen LogP contribution in [0.1, 0.15) is 60.7 Å². The van der Waals surface area contributed by atoms with Gasteiger partial charge in [0, 0.05) is 17.7 Å². The van der Waals surface area contributed by atoms with Crippen LogP contribution in [0.5, 0.6) is 0 Å². The fraction of sp³-hybridized carbons (Fsp3) is 0.588. The zero-order chi connectivity index (χ0) is 16.5. The Morgan fingerprint density at radius 2 is 2.04 bits per heavy atom. The predicted molar refractivity (Wildman–Crippen MR) is 91.6 cm³/mol. The van der Waals surface area contributed by atoms with Crippen molar-refractivity contribution in [3.05, 3.63) is 28.7 Å². The molecule has 0 aliphatic heterocycles. The van der Waals surface area contributed by atoms with Crippen LogP contribution in [-0.4, -0.2) is 31.4 Å². The van der Waals surface area contributed by atoms with E-state index in [9.17, 15) is 5.11 Å². The molecule has 0 radical (unpaired) electrons. The van der Waals surface area contributed by atoms with Gasteiger partial charge in [0.1, 0.15) is 5.82 Å². The van der Waals surface area contributed by atoms with Gasteiger partial charge in [-0.05, 0) is 44.1 Å². The average Bonchev–Trinajstić information content (AvgIpc) is 2.76. The maximum atomic E-state index is 9.48. The van der Waals surface area contributed by atoms with Crippen molar-refractivity contribution in [1.82, 2.24) is 20.2 Å². The minimum Gasteiger partial charge on any atom is -0.393 e. The summed E-state index contributed by atoms with van der Waals surface area (Å²) in [7, 11) is 0. The molecule has 4 rings (SSSR count). The van der Waals surface area contributed by atoms with Crippen molar-refractivity contribution >= 4 is 11.8 Å². The third kappa shape index (κ3) is 3.08. The van der Waals surface area contributed by atoms with Gasteiger partial charge in [0.2, 0.25) is 5.95 Å². The van der Waals surface area contributed by atoms with Crippen LogP contribution in [0.4, 0.5) is 11.8 Å². The largest absolute Gasteiger partial charge is 0.393 e. The van der Waals surface area contributed by atoms with Crippen LogP contribution in [0.15, 0.2) is 6.07 Å². The van der Waals surface area contributed by atoms with E-state index in [0.29, 0.717) is 6.54 Å². The summed E-state index contributed by atoms with van der Waals surface area (Å²) in [5.74, 6) is 1.29. The first-order valence-electron chi connectivity index (χ1n) is 8.80. The Morgan fingerprint density at radius 1 is 1.21 bits per heavy atom. The van der Waals surface area contributed by atoms with Gasteiger partial charge in [-0.1, -0.05) is 6.42 Å². The number of hydrogen-bond acceptors (Lipinski definition) is 6. The molecule has 2 aromatic heterocycles. The lowest BCUT2D eigenvalue weighted by Crippen LogP contribution is -2.27. The average molecular weight is 328 g/mol. The highest BCUT2D eigenvalue weighted by Gasteiger charge is 2.30. The van der Waals surface area contributed by atoms with E-state index >= 15 is 0 Å². The number of aliphatic hydroxyl groups is 1. The lowest BCUT2D eigenvalue weighted by Gasteiger charge is -2.30. The van der Waals surface area contributed by atoms with Crippen LogP contribution in [0, 0.1) is 0 Å². The molecule has 5 N–H and O–H groups in total. The third-order valence-electron chi connectivity index (χ3n) is 5.12. The number of aromatic nitrogens is 4. The van der Waals surface area contributed by atoms with Gasteiger partial charge in [0.15, 0.2) is 0 Å². The van der Waals surface area contributed by atoms with Gasteiger partial charge in [-0.15, -0.1) is 0 Å². The van der Waals surface area contributed by atoms with Crippen molar-refractivity contribution in [1.29, 1.82) is 0 Å². The number of aryl methyl sites for hydroxylation is 1. The van der Waals surface area contributed by atoms with Crippen LogP contribution in [0.3, 0.4) is 0 Å². The number of anilines is 2. The topological polar surface area (TPSA) is 113 Å². The van der Waals surface area contributed by atoms with E-state index in [-0.39, 0.29) is 18.0 Å². The normalized spacial score (nSPS) is 23.2. The van der Waals surface area contributed by atoms with Gasteiger partial charge in [-0.3, -0.25) is 5.10 Å². The summed E-state index contributed by atoms with van der Waals surface area (Å²) in [6, 6.07) is 1.94. The Bertz CT molecular complexity index is 722. The maximum Gasteiger partial charge on any atom is 0.222 e. The first-order valence-corrected chi connectivity index (χ1v) is 8.80. The number of hydrogen-bond donors (Lipinski definition) is 4. The van der Waals surface area contributed by atoms with E-state index in [2.05, 4.69) is 25.5 Å². The van der Waals surface area contributed by atoms with E-state index in [4.69, 9.17) is 5.73 Å². The second-order valence-electron chi connectivity index (χ2n) is 6.90. The van der Waals surface area contributed by atoms with Gasteiger partial charge in [-0.25, -0.2) is 4.98 Å². The summed E-state index contributed by atoms with van der Waals surface area (Å²) in [4.78, 5) is 8.59. The Hall–Kier alpha value is -2.15. The highest BCUT2D eigenvalue weighted by molar-refractivity contribution is 5.43. The van der Waals surface area contributed by atoms with Gasteiger partial charge in [0.25, 0.3) is 0 Å². The minimum atomic E-state index is -0.206. The van der Waals surface area contributed by atoms with Crippen molar-refractivity contribution < 1.29 is 5.11 Å². The van der Waals surface area contributed by atoms with Crippen LogP contribution < -0.4 is 11.1 Å². The second-order valence-corrected chi connectivity index (χ2v) is 6.90. The molecule has 2 aliphatic rings. The number of nitrogens with zero attached hydrogens (tertiary/aromatic N) is 3. The quantitative estimate of drug-likeness (QED) is 0.638. The van der Waals surface area contributed by atoms with Crippen LogP contribution in [-0.2, 0) is 19.4 Å². The van der Waals surface area contributed by atoms with Gasteiger partial charge >= 0.3 is 0 Å². The molecule has 7 nitrogen and oxygen atoms in total. The summed E-state index contributed by atoms with van der Waals surface area (Å²) in [5, 5.41) is 20.5. The third-order valence-corrected chi connectivity index (χ3v) is 5.12. The molecule has 24 heavy (non-hydrogen) atoms. The summed E-state index contributed by atoms with van der Waals surface area (Å²) in [6.07, 6.45) is 7.24. The molecule has 1 fully saturated rings. The Labute approximate surface area is 141 Å². The smallest absolute Gasteiger partial charge is 0.222 e. The molecule has 0 aromatic carbocycles. The Morgan fingerprint density at radius 3 is 2.88 bits per heavy atom. The van der Waals surface area contributed by atoms with Gasteiger partial charge < -0.3 is 16.2 Å². The number of aromatic amines is 1. The molecule has 128 valence electrons. The SMILES string of the molecule is Nc1nc(NCc2n[nH]c3c2CCCCC3)cc(C2CC(O)C2)n1. The Balaban J connectivity index is 1.47. The number of nitrogen functional groups attached to an aromatic ring is 1. The number of aliphatic hydroxyl groups excluding tert-OH is 1. The number of H-pyrrole nitrogens is 1. The van der Waals surface area contributed by atoms with Crippen molar-refractivity contribution in [2.45, 2.75) is 63.5 Å². The lowest BCUT2D eigenvalue weighted by atomic mass is 9.80. The zero-order valence-corrected chi connectivity index (χ0v) is 13.8.